The summed E-state index contributed by atoms with van der Waals surface area (Å²) in [5, 5.41) is 6.04. The maximum Gasteiger partial charge on any atom is 0.225 e. The highest BCUT2D eigenvalue weighted by Crippen LogP contribution is 2.18. The minimum Gasteiger partial charge on any atom is -0.360 e. The molecule has 0 atom stereocenters. The fraction of sp³-hybridized carbons (Fsp3) is 0.333. The molecule has 0 spiro atoms. The lowest BCUT2D eigenvalue weighted by Crippen LogP contribution is -3.13. The van der Waals surface area contributed by atoms with Crippen LogP contribution in [0.2, 0.25) is 0 Å². The average Bonchev–Trinajstić information content (AvgIpc) is 2.70. The zero-order valence-corrected chi connectivity index (χ0v) is 16.5. The van der Waals surface area contributed by atoms with E-state index in [1.54, 1.807) is 11.8 Å². The van der Waals surface area contributed by atoms with Gasteiger partial charge in [-0.1, -0.05) is 37.3 Å². The summed E-state index contributed by atoms with van der Waals surface area (Å²) < 4.78 is 0. The van der Waals surface area contributed by atoms with E-state index in [4.69, 9.17) is 12.2 Å². The maximum absolute atomic E-state index is 11.4. The normalized spacial score (nSPS) is 14.6. The van der Waals surface area contributed by atoms with Crippen molar-refractivity contribution < 1.29 is 9.69 Å². The van der Waals surface area contributed by atoms with Gasteiger partial charge in [0.25, 0.3) is 0 Å². The summed E-state index contributed by atoms with van der Waals surface area (Å²) in [6.45, 7) is 7.29. The Morgan fingerprint density at radius 3 is 2.37 bits per heavy atom. The highest BCUT2D eigenvalue weighted by molar-refractivity contribution is 7.80. The first-order valence-corrected chi connectivity index (χ1v) is 9.88. The molecule has 1 aliphatic heterocycles. The number of benzene rings is 2. The van der Waals surface area contributed by atoms with Gasteiger partial charge in [0.1, 0.15) is 6.54 Å². The zero-order valence-electron chi connectivity index (χ0n) is 15.7. The van der Waals surface area contributed by atoms with E-state index in [0.29, 0.717) is 11.5 Å². The van der Waals surface area contributed by atoms with E-state index >= 15 is 0 Å². The first-order valence-electron chi connectivity index (χ1n) is 9.47. The van der Waals surface area contributed by atoms with Crippen molar-refractivity contribution in [3.05, 3.63) is 60.2 Å². The Bertz CT molecular complexity index is 756. The first kappa shape index (κ1) is 19.3. The van der Waals surface area contributed by atoms with Gasteiger partial charge in [-0.2, -0.15) is 0 Å². The minimum absolute atomic E-state index is 0.0833. The number of anilines is 2. The number of nitrogens with one attached hydrogen (secondary N) is 3. The molecule has 1 fully saturated rings. The molecule has 6 heteroatoms. The van der Waals surface area contributed by atoms with Crippen molar-refractivity contribution in [2.45, 2.75) is 19.9 Å². The van der Waals surface area contributed by atoms with Crippen LogP contribution in [0.3, 0.4) is 0 Å². The number of hydrogen-bond donors (Lipinski definition) is 3. The van der Waals surface area contributed by atoms with E-state index in [1.165, 1.54) is 11.3 Å². The van der Waals surface area contributed by atoms with Gasteiger partial charge in [0.05, 0.1) is 26.2 Å². The van der Waals surface area contributed by atoms with Crippen LogP contribution >= 0.6 is 12.2 Å². The van der Waals surface area contributed by atoms with E-state index in [-0.39, 0.29) is 5.91 Å². The smallest absolute Gasteiger partial charge is 0.225 e. The molecule has 0 radical (unpaired) electrons. The second kappa shape index (κ2) is 9.48. The van der Waals surface area contributed by atoms with Crippen LogP contribution in [0.25, 0.3) is 0 Å². The Hall–Kier alpha value is -2.44. The van der Waals surface area contributed by atoms with Gasteiger partial charge in [0.2, 0.25) is 5.91 Å². The number of nitrogens with zero attached hydrogens (tertiary/aromatic N) is 1. The summed E-state index contributed by atoms with van der Waals surface area (Å²) in [5.74, 6) is -0.0833. The molecule has 1 saturated heterocycles. The third kappa shape index (κ3) is 5.77. The molecule has 142 valence electrons. The summed E-state index contributed by atoms with van der Waals surface area (Å²) in [5.41, 5.74) is 3.51. The quantitative estimate of drug-likeness (QED) is 0.690. The molecular formula is C21H27N4OS+. The Labute approximate surface area is 166 Å². The lowest BCUT2D eigenvalue weighted by molar-refractivity contribution is -0.914. The van der Waals surface area contributed by atoms with Crippen molar-refractivity contribution >= 4 is 34.6 Å². The van der Waals surface area contributed by atoms with E-state index in [1.807, 2.05) is 12.1 Å². The first-order chi connectivity index (χ1) is 13.1. The van der Waals surface area contributed by atoms with Crippen LogP contribution in [-0.4, -0.2) is 37.2 Å². The Morgan fingerprint density at radius 2 is 1.74 bits per heavy atom. The Kier molecular flexibility index (Phi) is 6.79. The van der Waals surface area contributed by atoms with E-state index in [2.05, 4.69) is 58.0 Å². The minimum atomic E-state index is -0.0833. The number of hydrogen-bond acceptors (Lipinski definition) is 3. The van der Waals surface area contributed by atoms with Crippen molar-refractivity contribution in [3.8, 4) is 0 Å². The molecule has 2 aromatic rings. The average molecular weight is 384 g/mol. The zero-order chi connectivity index (χ0) is 19.1. The van der Waals surface area contributed by atoms with Crippen LogP contribution in [0, 0.1) is 0 Å². The fourth-order valence-corrected chi connectivity index (χ4v) is 3.51. The van der Waals surface area contributed by atoms with Gasteiger partial charge in [-0.05, 0) is 36.5 Å². The van der Waals surface area contributed by atoms with Crippen LogP contribution in [0.4, 0.5) is 11.4 Å². The van der Waals surface area contributed by atoms with Gasteiger partial charge < -0.3 is 20.4 Å². The molecular weight excluding hydrogens is 356 g/mol. The topological polar surface area (TPSA) is 48.8 Å². The summed E-state index contributed by atoms with van der Waals surface area (Å²) in [6, 6.07) is 18.9. The van der Waals surface area contributed by atoms with Crippen molar-refractivity contribution in [2.24, 2.45) is 0 Å². The Morgan fingerprint density at radius 1 is 1.07 bits per heavy atom. The van der Waals surface area contributed by atoms with Crippen molar-refractivity contribution in [2.75, 3.05) is 36.4 Å². The van der Waals surface area contributed by atoms with Crippen molar-refractivity contribution in [1.29, 1.82) is 0 Å². The lowest BCUT2D eigenvalue weighted by atomic mass is 10.2. The van der Waals surface area contributed by atoms with Gasteiger partial charge in [0, 0.05) is 23.4 Å². The third-order valence-corrected chi connectivity index (χ3v) is 5.04. The number of quaternary nitrogens is 1. The third-order valence-electron chi connectivity index (χ3n) is 4.83. The number of amides is 1. The largest absolute Gasteiger partial charge is 0.360 e. The van der Waals surface area contributed by atoms with Gasteiger partial charge in [-0.3, -0.25) is 4.79 Å². The number of carbonyl (C=O) groups excluding carboxylic acids is 1. The number of rotatable bonds is 5. The Balaban J connectivity index is 1.48. The molecule has 1 heterocycles. The second-order valence-corrected chi connectivity index (χ2v) is 7.21. The van der Waals surface area contributed by atoms with Gasteiger partial charge in [-0.15, -0.1) is 0 Å². The van der Waals surface area contributed by atoms with Crippen LogP contribution in [0.15, 0.2) is 54.6 Å². The van der Waals surface area contributed by atoms with Crippen LogP contribution in [0.1, 0.15) is 18.9 Å². The van der Waals surface area contributed by atoms with E-state index in [9.17, 15) is 4.79 Å². The van der Waals surface area contributed by atoms with Crippen LogP contribution < -0.4 is 20.4 Å². The lowest BCUT2D eigenvalue weighted by Gasteiger charge is -2.33. The molecule has 1 aliphatic rings. The highest BCUT2D eigenvalue weighted by Gasteiger charge is 2.20. The molecule has 0 unspecified atom stereocenters. The molecule has 0 aromatic heterocycles. The summed E-state index contributed by atoms with van der Waals surface area (Å²) >= 11 is 5.15. The summed E-state index contributed by atoms with van der Waals surface area (Å²) in [4.78, 5) is 15.4. The second-order valence-electron chi connectivity index (χ2n) is 6.80. The van der Waals surface area contributed by atoms with Gasteiger partial charge in [0.15, 0.2) is 5.11 Å². The molecule has 3 N–H and O–H groups in total. The molecule has 3 rings (SSSR count). The fourth-order valence-electron chi connectivity index (χ4n) is 3.28. The number of carbonyl (C=O) groups is 1. The molecule has 0 saturated carbocycles. The molecule has 1 amide bonds. The van der Waals surface area contributed by atoms with Crippen molar-refractivity contribution in [1.82, 2.24) is 5.32 Å². The summed E-state index contributed by atoms with van der Waals surface area (Å²) in [7, 11) is 0. The van der Waals surface area contributed by atoms with Gasteiger partial charge in [-0.25, -0.2) is 0 Å². The van der Waals surface area contributed by atoms with Crippen LogP contribution in [-0.2, 0) is 11.3 Å². The molecule has 27 heavy (non-hydrogen) atoms. The predicted molar refractivity (Wildman–Crippen MR) is 114 cm³/mol. The van der Waals surface area contributed by atoms with E-state index < -0.39 is 0 Å². The monoisotopic (exact) mass is 383 g/mol. The molecule has 0 aliphatic carbocycles. The van der Waals surface area contributed by atoms with Crippen molar-refractivity contribution in [3.63, 3.8) is 0 Å². The SMILES string of the molecule is CCC(=O)NC(=S)Nc1ccc(N2CC[NH+](Cc3ccccc3)CC2)cc1. The standard InChI is InChI=1S/C21H26N4OS/c1-2-20(26)23-21(27)22-18-8-10-19(11-9-18)25-14-12-24(13-15-25)16-17-6-4-3-5-7-17/h3-11H,2,12-16H2,1H3,(H2,22,23,26,27)/p+1. The molecule has 0 bridgehead atoms. The molecule has 2 aromatic carbocycles. The van der Waals surface area contributed by atoms with Gasteiger partial charge >= 0.3 is 0 Å². The summed E-state index contributed by atoms with van der Waals surface area (Å²) in [6.07, 6.45) is 0.416. The molecule has 5 nitrogen and oxygen atoms in total. The predicted octanol–water partition coefficient (Wildman–Crippen LogP) is 1.81. The van der Waals surface area contributed by atoms with Crippen LogP contribution in [0.5, 0.6) is 0 Å². The van der Waals surface area contributed by atoms with E-state index in [0.717, 1.165) is 38.4 Å². The maximum atomic E-state index is 11.4. The highest BCUT2D eigenvalue weighted by atomic mass is 32.1. The number of thiocarbonyl (C=S) groups is 1. The number of piperazine rings is 1.